The largest absolute Gasteiger partial charge is 0.494 e. The van der Waals surface area contributed by atoms with E-state index in [0.717, 1.165) is 5.56 Å². The highest BCUT2D eigenvalue weighted by molar-refractivity contribution is 7.91. The number of rotatable bonds is 14. The van der Waals surface area contributed by atoms with Gasteiger partial charge in [0.2, 0.25) is 5.90 Å². The van der Waals surface area contributed by atoms with Crippen LogP contribution in [0.4, 0.5) is 0 Å². The zero-order valence-electron chi connectivity index (χ0n) is 24.4. The van der Waals surface area contributed by atoms with Crippen molar-refractivity contribution in [3.05, 3.63) is 131 Å². The van der Waals surface area contributed by atoms with E-state index in [-0.39, 0.29) is 29.6 Å². The minimum Gasteiger partial charge on any atom is -0.494 e. The molecule has 0 saturated heterocycles. The van der Waals surface area contributed by atoms with Gasteiger partial charge < -0.3 is 14.6 Å². The Hall–Kier alpha value is -4.22. The van der Waals surface area contributed by atoms with Crippen molar-refractivity contribution in [2.24, 2.45) is 4.99 Å². The van der Waals surface area contributed by atoms with E-state index in [1.807, 2.05) is 42.5 Å². The number of carbonyl (C=O) groups excluding carboxylic acids is 1. The molecule has 0 spiro atoms. The van der Waals surface area contributed by atoms with Crippen LogP contribution in [0.2, 0.25) is 5.02 Å². The molecule has 9 nitrogen and oxygen atoms in total. The molecule has 1 aliphatic rings. The lowest BCUT2D eigenvalue weighted by atomic mass is 9.85. The van der Waals surface area contributed by atoms with Gasteiger partial charge in [0.15, 0.2) is 21.5 Å². The number of hydrogen-bond acceptors (Lipinski definition) is 8. The lowest BCUT2D eigenvalue weighted by Gasteiger charge is -2.30. The molecule has 1 amide bonds. The second-order valence-electron chi connectivity index (χ2n) is 10.5. The van der Waals surface area contributed by atoms with E-state index in [1.54, 1.807) is 54.6 Å². The van der Waals surface area contributed by atoms with E-state index in [4.69, 9.17) is 31.2 Å². The minimum atomic E-state index is -3.76. The molecule has 11 heteroatoms. The minimum absolute atomic E-state index is 0.0301. The highest BCUT2D eigenvalue weighted by Gasteiger charge is 2.53. The molecule has 0 bridgehead atoms. The van der Waals surface area contributed by atoms with E-state index in [1.165, 1.54) is 12.1 Å². The fourth-order valence-electron chi connectivity index (χ4n) is 4.97. The number of ether oxygens (including phenoxy) is 2. The number of aliphatic hydroxyl groups excluding tert-OH is 1. The van der Waals surface area contributed by atoms with E-state index in [2.05, 4.69) is 10.9 Å². The molecular formula is C34H34ClN3O6S. The Kier molecular flexibility index (Phi) is 10.5. The number of benzene rings is 4. The number of halogens is 1. The predicted molar refractivity (Wildman–Crippen MR) is 173 cm³/mol. The monoisotopic (exact) mass is 647 g/mol. The van der Waals surface area contributed by atoms with Crippen molar-refractivity contribution in [2.45, 2.75) is 35.9 Å². The molecule has 234 valence electrons. The molecule has 0 fully saturated rings. The maximum Gasteiger partial charge on any atom is 0.266 e. The summed E-state index contributed by atoms with van der Waals surface area (Å²) in [5.41, 5.74) is 6.24. The summed E-state index contributed by atoms with van der Waals surface area (Å²) in [4.78, 5) is 19.2. The molecule has 45 heavy (non-hydrogen) atoms. The molecule has 3 N–H and O–H groups in total. The molecule has 1 aliphatic heterocycles. The van der Waals surface area contributed by atoms with Crippen molar-refractivity contribution in [2.75, 3.05) is 19.0 Å². The topological polar surface area (TPSA) is 126 Å². The summed E-state index contributed by atoms with van der Waals surface area (Å²) in [5, 5.41) is 9.63. The fraction of sp³-hybridized carbons (Fsp3) is 0.235. The van der Waals surface area contributed by atoms with Gasteiger partial charge in [-0.15, -0.1) is 0 Å². The Morgan fingerprint density at radius 1 is 0.933 bits per heavy atom. The number of carbonyl (C=O) groups is 1. The van der Waals surface area contributed by atoms with Gasteiger partial charge in [-0.25, -0.2) is 18.8 Å². The molecule has 4 aromatic rings. The molecule has 0 unspecified atom stereocenters. The van der Waals surface area contributed by atoms with Crippen molar-refractivity contribution in [1.82, 2.24) is 10.9 Å². The standard InChI is InChI=1S/C34H34ClN3O6S/c35-28-16-12-25(13-17-28)24-36-38-33(40)34(20-23-45(41,42)30-10-5-2-6-11-30)31(26-8-3-1-4-9-26)44-32(37-34)27-14-18-29(19-15-27)43-22-7-21-39/h1-6,8-19,31,36,39H,7,20-24H2,(H,38,40)/t31-,34-/m0/s1. The van der Waals surface area contributed by atoms with Gasteiger partial charge in [-0.3, -0.25) is 10.2 Å². The van der Waals surface area contributed by atoms with Gasteiger partial charge in [0.25, 0.3) is 5.91 Å². The number of nitrogens with zero attached hydrogens (tertiary/aromatic N) is 1. The van der Waals surface area contributed by atoms with Gasteiger partial charge in [0, 0.05) is 36.6 Å². The smallest absolute Gasteiger partial charge is 0.266 e. The number of hydrogen-bond donors (Lipinski definition) is 3. The van der Waals surface area contributed by atoms with Crippen molar-refractivity contribution < 1.29 is 27.8 Å². The zero-order chi connectivity index (χ0) is 31.7. The van der Waals surface area contributed by atoms with Crippen LogP contribution in [0.15, 0.2) is 119 Å². The van der Waals surface area contributed by atoms with Crippen LogP contribution in [0, 0.1) is 0 Å². The second kappa shape index (κ2) is 14.7. The summed E-state index contributed by atoms with van der Waals surface area (Å²) in [6, 6.07) is 31.5. The van der Waals surface area contributed by atoms with Gasteiger partial charge in [-0.1, -0.05) is 72.3 Å². The van der Waals surface area contributed by atoms with Crippen LogP contribution in [-0.4, -0.2) is 49.8 Å². The maximum absolute atomic E-state index is 14.2. The van der Waals surface area contributed by atoms with Crippen LogP contribution in [0.3, 0.4) is 0 Å². The molecule has 4 aromatic carbocycles. The first-order valence-corrected chi connectivity index (χ1v) is 16.5. The van der Waals surface area contributed by atoms with Gasteiger partial charge >= 0.3 is 0 Å². The molecule has 0 saturated carbocycles. The summed E-state index contributed by atoms with van der Waals surface area (Å²) in [6.45, 7) is 0.695. The van der Waals surface area contributed by atoms with E-state index >= 15 is 0 Å². The summed E-state index contributed by atoms with van der Waals surface area (Å²) in [6.07, 6.45) is -0.562. The Balaban J connectivity index is 1.49. The lowest BCUT2D eigenvalue weighted by molar-refractivity contribution is -0.130. The number of hydrazine groups is 1. The Labute approximate surface area is 267 Å². The number of nitrogens with one attached hydrogen (secondary N) is 2. The number of sulfone groups is 1. The highest BCUT2D eigenvalue weighted by Crippen LogP contribution is 2.43. The van der Waals surface area contributed by atoms with Crippen molar-refractivity contribution in [1.29, 1.82) is 0 Å². The second-order valence-corrected chi connectivity index (χ2v) is 13.1. The average molecular weight is 648 g/mol. The summed E-state index contributed by atoms with van der Waals surface area (Å²) in [5.74, 6) is -0.0686. The molecule has 1 heterocycles. The quantitative estimate of drug-likeness (QED) is 0.129. The molecule has 2 atom stereocenters. The normalized spacial score (nSPS) is 17.7. The third-order valence-electron chi connectivity index (χ3n) is 7.39. The first-order chi connectivity index (χ1) is 21.8. The molecule has 0 aromatic heterocycles. The molecule has 0 radical (unpaired) electrons. The highest BCUT2D eigenvalue weighted by atomic mass is 35.5. The average Bonchev–Trinajstić information content (AvgIpc) is 3.47. The van der Waals surface area contributed by atoms with Gasteiger partial charge in [-0.2, -0.15) is 0 Å². The number of amides is 1. The van der Waals surface area contributed by atoms with Crippen molar-refractivity contribution in [3.63, 3.8) is 0 Å². The van der Waals surface area contributed by atoms with E-state index in [0.29, 0.717) is 41.5 Å². The third-order valence-corrected chi connectivity index (χ3v) is 9.38. The summed E-state index contributed by atoms with van der Waals surface area (Å²) >= 11 is 6.01. The lowest BCUT2D eigenvalue weighted by Crippen LogP contribution is -2.53. The van der Waals surface area contributed by atoms with Gasteiger partial charge in [0.1, 0.15) is 5.75 Å². The third kappa shape index (κ3) is 7.90. The van der Waals surface area contributed by atoms with Crippen LogP contribution in [0.5, 0.6) is 5.75 Å². The zero-order valence-corrected chi connectivity index (χ0v) is 26.0. The molecule has 5 rings (SSSR count). The van der Waals surface area contributed by atoms with Crippen LogP contribution < -0.4 is 15.6 Å². The van der Waals surface area contributed by atoms with E-state index in [9.17, 15) is 13.2 Å². The van der Waals surface area contributed by atoms with E-state index < -0.39 is 27.4 Å². The number of aliphatic imine (C=N–C) groups is 1. The summed E-state index contributed by atoms with van der Waals surface area (Å²) in [7, 11) is -3.76. The predicted octanol–water partition coefficient (Wildman–Crippen LogP) is 5.04. The Morgan fingerprint density at radius 2 is 1.60 bits per heavy atom. The van der Waals surface area contributed by atoms with Gasteiger partial charge in [0.05, 0.1) is 17.3 Å². The Morgan fingerprint density at radius 3 is 2.27 bits per heavy atom. The molecule has 0 aliphatic carbocycles. The van der Waals surface area contributed by atoms with Crippen LogP contribution >= 0.6 is 11.6 Å². The van der Waals surface area contributed by atoms with Crippen LogP contribution in [0.1, 0.15) is 35.6 Å². The van der Waals surface area contributed by atoms with Gasteiger partial charge in [-0.05, 0) is 59.7 Å². The first kappa shape index (κ1) is 32.2. The van der Waals surface area contributed by atoms with Crippen LogP contribution in [0.25, 0.3) is 0 Å². The number of aliphatic hydroxyl groups is 1. The van der Waals surface area contributed by atoms with Crippen molar-refractivity contribution >= 4 is 33.2 Å². The molecular weight excluding hydrogens is 614 g/mol. The SMILES string of the molecule is O=C(NNCc1ccc(Cl)cc1)[C@@]1(CCS(=O)(=O)c2ccccc2)N=C(c2ccc(OCCCO)cc2)O[C@H]1c1ccccc1. The summed E-state index contributed by atoms with van der Waals surface area (Å²) < 4.78 is 39.0. The maximum atomic E-state index is 14.2. The first-order valence-electron chi connectivity index (χ1n) is 14.5. The fourth-order valence-corrected chi connectivity index (χ4v) is 6.48. The van der Waals surface area contributed by atoms with Crippen molar-refractivity contribution in [3.8, 4) is 5.75 Å². The van der Waals surface area contributed by atoms with Crippen LogP contribution in [-0.2, 0) is 25.9 Å². The Bertz CT molecular complexity index is 1700.